The van der Waals surface area contributed by atoms with E-state index in [4.69, 9.17) is 4.74 Å². The number of carbonyl (C=O) groups excluding carboxylic acids is 3. The molecule has 0 heterocycles. The van der Waals surface area contributed by atoms with Gasteiger partial charge in [0.15, 0.2) is 5.78 Å². The van der Waals surface area contributed by atoms with Crippen molar-refractivity contribution >= 4 is 29.1 Å². The number of ether oxygens (including phenoxy) is 1. The van der Waals surface area contributed by atoms with E-state index in [1.807, 2.05) is 0 Å². The van der Waals surface area contributed by atoms with Crippen LogP contribution in [0.3, 0.4) is 0 Å². The molecule has 0 bridgehead atoms. The van der Waals surface area contributed by atoms with Gasteiger partial charge in [-0.1, -0.05) is 5.22 Å². The summed E-state index contributed by atoms with van der Waals surface area (Å²) in [6.45, 7) is 2.06. The highest BCUT2D eigenvalue weighted by molar-refractivity contribution is 6.08. The van der Waals surface area contributed by atoms with Crippen molar-refractivity contribution in [3.8, 4) is 0 Å². The van der Waals surface area contributed by atoms with Gasteiger partial charge in [0.25, 0.3) is 0 Å². The number of esters is 1. The molecule has 25 heavy (non-hydrogen) atoms. The zero-order chi connectivity index (χ0) is 18.1. The third kappa shape index (κ3) is 5.23. The highest BCUT2D eigenvalue weighted by Crippen LogP contribution is 2.15. The maximum Gasteiger partial charge on any atom is 0.338 e. The Labute approximate surface area is 144 Å². The number of carbonyl (C=O) groups is 2. The quantitative estimate of drug-likeness (QED) is 0.208. The number of hydrogen-bond acceptors (Lipinski definition) is 6. The lowest BCUT2D eigenvalue weighted by molar-refractivity contribution is 0.0526. The summed E-state index contributed by atoms with van der Waals surface area (Å²) in [6, 6.07) is 12.9. The predicted molar refractivity (Wildman–Crippen MR) is 91.6 cm³/mol. The van der Waals surface area contributed by atoms with Crippen molar-refractivity contribution in [1.82, 2.24) is 0 Å². The van der Waals surface area contributed by atoms with Crippen LogP contribution in [0.1, 0.15) is 27.6 Å². The van der Waals surface area contributed by atoms with Crippen LogP contribution in [0.4, 0.5) is 11.4 Å². The summed E-state index contributed by atoms with van der Waals surface area (Å²) in [5.41, 5.74) is 4.72. The summed E-state index contributed by atoms with van der Waals surface area (Å²) in [6.07, 6.45) is 0.835. The van der Waals surface area contributed by atoms with Gasteiger partial charge in [-0.25, -0.2) is 9.59 Å². The fraction of sp³-hybridized carbons (Fsp3) is 0.111. The summed E-state index contributed by atoms with van der Waals surface area (Å²) < 4.78 is 4.90. The Bertz CT molecular complexity index is 820. The molecule has 2 aromatic rings. The van der Waals surface area contributed by atoms with Crippen LogP contribution in [0, 0.1) is 0 Å². The second-order valence-electron chi connectivity index (χ2n) is 4.78. The SMILES string of the molecule is CCOC(=O)c1ccc(N=NNc2ccc(C(=O)C=C=O)cc2)cc1. The lowest BCUT2D eigenvalue weighted by Gasteiger charge is -2.02. The number of ketones is 1. The molecule has 0 aromatic heterocycles. The van der Waals surface area contributed by atoms with Crippen LogP contribution < -0.4 is 5.43 Å². The zero-order valence-corrected chi connectivity index (χ0v) is 13.4. The van der Waals surface area contributed by atoms with E-state index >= 15 is 0 Å². The van der Waals surface area contributed by atoms with Crippen LogP contribution >= 0.6 is 0 Å². The van der Waals surface area contributed by atoms with Gasteiger partial charge in [0.05, 0.1) is 29.6 Å². The number of anilines is 1. The van der Waals surface area contributed by atoms with Crippen LogP contribution in [0.2, 0.25) is 0 Å². The van der Waals surface area contributed by atoms with Crippen molar-refractivity contribution in [2.24, 2.45) is 10.3 Å². The van der Waals surface area contributed by atoms with Gasteiger partial charge in [-0.05, 0) is 55.5 Å². The van der Waals surface area contributed by atoms with Gasteiger partial charge in [-0.3, -0.25) is 10.2 Å². The van der Waals surface area contributed by atoms with E-state index < -0.39 is 5.78 Å². The smallest absolute Gasteiger partial charge is 0.338 e. The lowest BCUT2D eigenvalue weighted by Crippen LogP contribution is -2.03. The Morgan fingerprint density at radius 3 is 2.32 bits per heavy atom. The average Bonchev–Trinajstić information content (AvgIpc) is 2.63. The average molecular weight is 337 g/mol. The van der Waals surface area contributed by atoms with E-state index in [1.165, 1.54) is 5.94 Å². The summed E-state index contributed by atoms with van der Waals surface area (Å²) in [4.78, 5) is 33.1. The number of rotatable bonds is 7. The summed E-state index contributed by atoms with van der Waals surface area (Å²) in [7, 11) is 0. The molecule has 1 N–H and O–H groups in total. The molecule has 0 fully saturated rings. The van der Waals surface area contributed by atoms with Crippen molar-refractivity contribution in [1.29, 1.82) is 0 Å². The molecule has 0 unspecified atom stereocenters. The molecule has 0 aliphatic heterocycles. The molecule has 126 valence electrons. The predicted octanol–water partition coefficient (Wildman–Crippen LogP) is 3.54. The Hall–Kier alpha value is -3.57. The number of hydrogen-bond donors (Lipinski definition) is 1. The lowest BCUT2D eigenvalue weighted by atomic mass is 10.1. The van der Waals surface area contributed by atoms with E-state index in [1.54, 1.807) is 55.5 Å². The number of benzene rings is 2. The second-order valence-corrected chi connectivity index (χ2v) is 4.78. The molecule has 0 atom stereocenters. The molecule has 0 spiro atoms. The van der Waals surface area contributed by atoms with Gasteiger partial charge < -0.3 is 4.74 Å². The fourth-order valence-electron chi connectivity index (χ4n) is 1.86. The van der Waals surface area contributed by atoms with Gasteiger partial charge in [0.2, 0.25) is 0 Å². The van der Waals surface area contributed by atoms with Crippen molar-refractivity contribution in [2.75, 3.05) is 12.0 Å². The first kappa shape index (κ1) is 17.8. The molecular weight excluding hydrogens is 322 g/mol. The van der Waals surface area contributed by atoms with Crippen molar-refractivity contribution in [3.05, 3.63) is 65.7 Å². The Balaban J connectivity index is 1.95. The van der Waals surface area contributed by atoms with Gasteiger partial charge in [0.1, 0.15) is 5.94 Å². The number of nitrogens with zero attached hydrogens (tertiary/aromatic N) is 2. The van der Waals surface area contributed by atoms with Crippen molar-refractivity contribution < 1.29 is 19.1 Å². The van der Waals surface area contributed by atoms with E-state index in [9.17, 15) is 14.4 Å². The molecule has 7 heteroatoms. The van der Waals surface area contributed by atoms with Gasteiger partial charge in [-0.2, -0.15) is 0 Å². The maximum atomic E-state index is 11.5. The van der Waals surface area contributed by atoms with E-state index in [2.05, 4.69) is 15.8 Å². The van der Waals surface area contributed by atoms with Crippen LogP contribution in [-0.2, 0) is 9.53 Å². The normalized spacial score (nSPS) is 10.1. The Kier molecular flexibility index (Phi) is 6.33. The van der Waals surface area contributed by atoms with Crippen LogP contribution in [0.25, 0.3) is 0 Å². The molecule has 7 nitrogen and oxygen atoms in total. The minimum Gasteiger partial charge on any atom is -0.462 e. The molecule has 2 rings (SSSR count). The van der Waals surface area contributed by atoms with Gasteiger partial charge in [-0.15, -0.1) is 5.11 Å². The topological polar surface area (TPSA) is 97.2 Å². The minimum absolute atomic E-state index is 0.319. The third-order valence-corrected chi connectivity index (χ3v) is 3.08. The highest BCUT2D eigenvalue weighted by atomic mass is 16.5. The summed E-state index contributed by atoms with van der Waals surface area (Å²) in [5.74, 6) is 0.650. The monoisotopic (exact) mass is 337 g/mol. The molecule has 0 saturated heterocycles. The van der Waals surface area contributed by atoms with Gasteiger partial charge in [0, 0.05) is 5.56 Å². The second kappa shape index (κ2) is 8.90. The standard InChI is InChI=1S/C18H15N3O4/c1-2-25-18(24)14-5-9-16(10-6-14)20-21-19-15-7-3-13(4-8-15)17(23)11-12-22/h3-11H,2H2,1H3,(H,19,20). The van der Waals surface area contributed by atoms with Crippen molar-refractivity contribution in [2.45, 2.75) is 6.92 Å². The largest absolute Gasteiger partial charge is 0.462 e. The number of nitrogens with one attached hydrogen (secondary N) is 1. The molecular formula is C18H15N3O4. The molecule has 2 aromatic carbocycles. The molecule has 0 radical (unpaired) electrons. The Morgan fingerprint density at radius 1 is 1.08 bits per heavy atom. The molecule has 0 saturated carbocycles. The third-order valence-electron chi connectivity index (χ3n) is 3.08. The fourth-order valence-corrected chi connectivity index (χ4v) is 1.86. The summed E-state index contributed by atoms with van der Waals surface area (Å²) >= 11 is 0. The first-order valence-corrected chi connectivity index (χ1v) is 7.43. The van der Waals surface area contributed by atoms with Crippen LogP contribution in [0.5, 0.6) is 0 Å². The first-order valence-electron chi connectivity index (χ1n) is 7.43. The number of allylic oxidation sites excluding steroid dienone is 1. The zero-order valence-electron chi connectivity index (χ0n) is 13.4. The maximum absolute atomic E-state index is 11.5. The molecule has 0 amide bonds. The molecule has 0 aliphatic carbocycles. The van der Waals surface area contributed by atoms with Crippen LogP contribution in [-0.4, -0.2) is 24.3 Å². The van der Waals surface area contributed by atoms with Gasteiger partial charge >= 0.3 is 5.97 Å². The minimum atomic E-state index is -0.412. The van der Waals surface area contributed by atoms with Crippen molar-refractivity contribution in [3.63, 3.8) is 0 Å². The van der Waals surface area contributed by atoms with E-state index in [-0.39, 0.29) is 5.97 Å². The van der Waals surface area contributed by atoms with E-state index in [0.717, 1.165) is 6.08 Å². The van der Waals surface area contributed by atoms with Crippen LogP contribution in [0.15, 0.2) is 64.9 Å². The Morgan fingerprint density at radius 2 is 1.72 bits per heavy atom. The highest BCUT2D eigenvalue weighted by Gasteiger charge is 2.05. The first-order chi connectivity index (χ1) is 12.1. The molecule has 0 aliphatic rings. The van der Waals surface area contributed by atoms with E-state index in [0.29, 0.717) is 29.1 Å². The summed E-state index contributed by atoms with van der Waals surface area (Å²) in [5, 5.41) is 7.81.